The second kappa shape index (κ2) is 9.73. The van der Waals surface area contributed by atoms with Crippen molar-refractivity contribution >= 4 is 5.97 Å². The normalized spacial score (nSPS) is 36.0. The van der Waals surface area contributed by atoms with Gasteiger partial charge in [-0.3, -0.25) is 4.79 Å². The lowest BCUT2D eigenvalue weighted by molar-refractivity contribution is -0.155. The second-order valence-electron chi connectivity index (χ2n) is 9.23. The maximum Gasteiger partial charge on any atom is 0.303 e. The molecule has 3 N–H and O–H groups in total. The number of aliphatic hydroxyl groups is 2. The van der Waals surface area contributed by atoms with Crippen LogP contribution in [0.3, 0.4) is 0 Å². The first-order chi connectivity index (χ1) is 13.5. The smallest absolute Gasteiger partial charge is 0.303 e. The molecule has 160 valence electrons. The molecule has 3 aliphatic rings. The van der Waals surface area contributed by atoms with E-state index in [4.69, 9.17) is 9.84 Å². The predicted octanol–water partition coefficient (Wildman–Crippen LogP) is 4.07. The first-order valence-electron chi connectivity index (χ1n) is 11.3. The van der Waals surface area contributed by atoms with Crippen LogP contribution < -0.4 is 0 Å². The molecule has 0 aliphatic heterocycles. The topological polar surface area (TPSA) is 87.0 Å². The number of carboxylic acid groups (broad SMARTS) is 1. The van der Waals surface area contributed by atoms with Crippen molar-refractivity contribution in [3.63, 3.8) is 0 Å². The van der Waals surface area contributed by atoms with E-state index >= 15 is 0 Å². The maximum absolute atomic E-state index is 10.7. The number of hydrogen-bond acceptors (Lipinski definition) is 4. The monoisotopic (exact) mass is 394 g/mol. The Morgan fingerprint density at radius 2 is 2.04 bits per heavy atom. The number of aliphatic hydroxyl groups excluding tert-OH is 2. The summed E-state index contributed by atoms with van der Waals surface area (Å²) in [5, 5.41) is 30.1. The van der Waals surface area contributed by atoms with Crippen molar-refractivity contribution < 1.29 is 24.9 Å². The summed E-state index contributed by atoms with van der Waals surface area (Å²) < 4.78 is 6.01. The first-order valence-corrected chi connectivity index (χ1v) is 11.3. The number of methoxy groups -OCH3 is 1. The molecular weight excluding hydrogens is 356 g/mol. The Morgan fingerprint density at radius 1 is 1.29 bits per heavy atom. The van der Waals surface area contributed by atoms with Crippen LogP contribution in [-0.2, 0) is 9.53 Å². The molecule has 28 heavy (non-hydrogen) atoms. The van der Waals surface area contributed by atoms with E-state index in [1.54, 1.807) is 7.11 Å². The van der Waals surface area contributed by atoms with Crippen LogP contribution in [0.25, 0.3) is 0 Å². The molecule has 0 bridgehead atoms. The second-order valence-corrected chi connectivity index (χ2v) is 9.23. The van der Waals surface area contributed by atoms with E-state index in [1.165, 1.54) is 24.8 Å². The molecule has 5 unspecified atom stereocenters. The summed E-state index contributed by atoms with van der Waals surface area (Å²) in [6.07, 6.45) is 13.5. The maximum atomic E-state index is 10.7. The van der Waals surface area contributed by atoms with Crippen LogP contribution in [-0.4, -0.2) is 46.2 Å². The number of carboxylic acids is 1. The van der Waals surface area contributed by atoms with Gasteiger partial charge in [0.2, 0.25) is 0 Å². The highest BCUT2D eigenvalue weighted by atomic mass is 16.5. The Bertz CT molecular complexity index is 553. The summed E-state index contributed by atoms with van der Waals surface area (Å²) in [5.41, 5.74) is 1.01. The first kappa shape index (κ1) is 21.8. The van der Waals surface area contributed by atoms with Crippen molar-refractivity contribution in [3.8, 4) is 0 Å². The summed E-state index contributed by atoms with van der Waals surface area (Å²) in [7, 11) is 1.77. The minimum Gasteiger partial charge on any atom is -0.481 e. The van der Waals surface area contributed by atoms with E-state index in [2.05, 4.69) is 6.08 Å². The van der Waals surface area contributed by atoms with Gasteiger partial charge in [0.1, 0.15) is 0 Å². The van der Waals surface area contributed by atoms with Crippen LogP contribution in [0.4, 0.5) is 0 Å². The standard InChI is InChI=1S/C23H38O5/c1-28-23-14-13-21(25)18(11-12-20(24)16-7-3-2-4-8-16)19(23)15-17(23)9-5-6-10-22(26)27/h9,16,18-21,24-25H,2-8,10-15H2,1H3,(H,26,27)/b17-9-. The van der Waals surface area contributed by atoms with Crippen molar-refractivity contribution in [2.75, 3.05) is 7.11 Å². The fourth-order valence-electron chi connectivity index (χ4n) is 6.05. The van der Waals surface area contributed by atoms with E-state index in [9.17, 15) is 15.0 Å². The third-order valence-corrected chi connectivity index (χ3v) is 7.74. The zero-order valence-electron chi connectivity index (χ0n) is 17.3. The molecule has 5 atom stereocenters. The zero-order valence-corrected chi connectivity index (χ0v) is 17.3. The van der Waals surface area contributed by atoms with Crippen molar-refractivity contribution in [3.05, 3.63) is 11.6 Å². The van der Waals surface area contributed by atoms with E-state index in [0.717, 1.165) is 51.4 Å². The molecule has 0 heterocycles. The number of allylic oxidation sites excluding steroid dienone is 1. The largest absolute Gasteiger partial charge is 0.481 e. The average molecular weight is 395 g/mol. The molecule has 0 spiro atoms. The number of carbonyl (C=O) groups is 1. The van der Waals surface area contributed by atoms with Crippen molar-refractivity contribution in [1.82, 2.24) is 0 Å². The Kier molecular flexibility index (Phi) is 7.57. The summed E-state index contributed by atoms with van der Waals surface area (Å²) >= 11 is 0. The van der Waals surface area contributed by atoms with Crippen LogP contribution >= 0.6 is 0 Å². The molecule has 3 aliphatic carbocycles. The van der Waals surface area contributed by atoms with Gasteiger partial charge < -0.3 is 20.1 Å². The molecular formula is C23H38O5. The van der Waals surface area contributed by atoms with E-state index in [1.807, 2.05) is 0 Å². The van der Waals surface area contributed by atoms with Gasteiger partial charge in [-0.15, -0.1) is 0 Å². The minimum absolute atomic E-state index is 0.183. The summed E-state index contributed by atoms with van der Waals surface area (Å²) in [4.78, 5) is 10.7. The fourth-order valence-corrected chi connectivity index (χ4v) is 6.05. The number of fused-ring (bicyclic) bond motifs is 1. The highest BCUT2D eigenvalue weighted by molar-refractivity contribution is 5.66. The highest BCUT2D eigenvalue weighted by Gasteiger charge is 2.58. The fraction of sp³-hybridized carbons (Fsp3) is 0.870. The number of aliphatic carboxylic acids is 1. The Morgan fingerprint density at radius 3 is 2.71 bits per heavy atom. The average Bonchev–Trinajstić information content (AvgIpc) is 2.68. The molecule has 0 aromatic carbocycles. The van der Waals surface area contributed by atoms with Crippen LogP contribution in [0.5, 0.6) is 0 Å². The SMILES string of the molecule is COC12CCC(O)C(CCC(O)C3CCCCC3)C1C/C2=C/CCCC(=O)O. The number of hydrogen-bond donors (Lipinski definition) is 3. The molecule has 0 aromatic heterocycles. The summed E-state index contributed by atoms with van der Waals surface area (Å²) in [6, 6.07) is 0. The van der Waals surface area contributed by atoms with Gasteiger partial charge >= 0.3 is 5.97 Å². The van der Waals surface area contributed by atoms with Gasteiger partial charge in [0, 0.05) is 19.4 Å². The van der Waals surface area contributed by atoms with E-state index in [0.29, 0.717) is 18.3 Å². The van der Waals surface area contributed by atoms with Crippen LogP contribution in [0, 0.1) is 17.8 Å². The summed E-state index contributed by atoms with van der Waals surface area (Å²) in [5.74, 6) is 0.185. The third-order valence-electron chi connectivity index (χ3n) is 7.74. The number of unbranched alkanes of at least 4 members (excludes halogenated alkanes) is 1. The van der Waals surface area contributed by atoms with Crippen LogP contribution in [0.15, 0.2) is 11.6 Å². The van der Waals surface area contributed by atoms with E-state index < -0.39 is 5.97 Å². The summed E-state index contributed by atoms with van der Waals surface area (Å²) in [6.45, 7) is 0. The molecule has 5 heteroatoms. The Labute approximate surface area is 169 Å². The van der Waals surface area contributed by atoms with Gasteiger partial charge in [-0.05, 0) is 75.2 Å². The van der Waals surface area contributed by atoms with Crippen molar-refractivity contribution in [2.24, 2.45) is 17.8 Å². The lowest BCUT2D eigenvalue weighted by Gasteiger charge is -2.58. The van der Waals surface area contributed by atoms with Gasteiger partial charge in [-0.2, -0.15) is 0 Å². The molecule has 3 rings (SSSR count). The zero-order chi connectivity index (χ0) is 20.1. The molecule has 0 aromatic rings. The van der Waals surface area contributed by atoms with Crippen LogP contribution in [0.2, 0.25) is 0 Å². The van der Waals surface area contributed by atoms with Crippen molar-refractivity contribution in [2.45, 2.75) is 101 Å². The van der Waals surface area contributed by atoms with Crippen molar-refractivity contribution in [1.29, 1.82) is 0 Å². The van der Waals surface area contributed by atoms with Crippen LogP contribution in [0.1, 0.15) is 83.5 Å². The van der Waals surface area contributed by atoms with Gasteiger partial charge in [0.15, 0.2) is 0 Å². The van der Waals surface area contributed by atoms with Gasteiger partial charge in [-0.1, -0.05) is 25.3 Å². The molecule has 0 radical (unpaired) electrons. The van der Waals surface area contributed by atoms with Gasteiger partial charge in [0.05, 0.1) is 17.8 Å². The van der Waals surface area contributed by atoms with E-state index in [-0.39, 0.29) is 30.1 Å². The number of rotatable bonds is 9. The molecule has 5 nitrogen and oxygen atoms in total. The van der Waals surface area contributed by atoms with Gasteiger partial charge in [0.25, 0.3) is 0 Å². The lowest BCUT2D eigenvalue weighted by atomic mass is 9.52. The molecule has 0 amide bonds. The minimum atomic E-state index is -0.747. The highest BCUT2D eigenvalue weighted by Crippen LogP contribution is 2.58. The molecule has 0 saturated heterocycles. The quantitative estimate of drug-likeness (QED) is 0.405. The lowest BCUT2D eigenvalue weighted by Crippen LogP contribution is -2.59. The number of ether oxygens (including phenoxy) is 1. The van der Waals surface area contributed by atoms with Gasteiger partial charge in [-0.25, -0.2) is 0 Å². The Balaban J connectivity index is 1.57. The third kappa shape index (κ3) is 4.63. The molecule has 3 saturated carbocycles. The Hall–Kier alpha value is -0.910. The predicted molar refractivity (Wildman–Crippen MR) is 108 cm³/mol. The molecule has 3 fully saturated rings.